The maximum absolute atomic E-state index is 13.6. The zero-order valence-corrected chi connectivity index (χ0v) is 11.0. The van der Waals surface area contributed by atoms with Crippen LogP contribution < -0.4 is 5.32 Å². The van der Waals surface area contributed by atoms with Gasteiger partial charge in [-0.2, -0.15) is 0 Å². The van der Waals surface area contributed by atoms with E-state index in [9.17, 15) is 18.4 Å². The number of halogens is 2. The number of carbonyl (C=O) groups is 2. The fraction of sp³-hybridized carbons (Fsp3) is 0.0667. The van der Waals surface area contributed by atoms with Crippen LogP contribution in [0.1, 0.15) is 26.3 Å². The number of rotatable bonds is 3. The topological polar surface area (TPSA) is 66.4 Å². The number of carboxylic acid groups (broad SMARTS) is 1. The number of anilines is 1. The molecule has 0 saturated heterocycles. The Morgan fingerprint density at radius 2 is 1.81 bits per heavy atom. The second kappa shape index (κ2) is 5.70. The van der Waals surface area contributed by atoms with Crippen molar-refractivity contribution in [1.82, 2.24) is 0 Å². The molecule has 1 amide bonds. The number of benzene rings is 2. The normalized spacial score (nSPS) is 10.2. The first kappa shape index (κ1) is 14.6. The molecule has 21 heavy (non-hydrogen) atoms. The highest BCUT2D eigenvalue weighted by atomic mass is 19.1. The van der Waals surface area contributed by atoms with Crippen molar-refractivity contribution in [3.8, 4) is 0 Å². The highest BCUT2D eigenvalue weighted by Gasteiger charge is 2.19. The Morgan fingerprint density at radius 1 is 1.10 bits per heavy atom. The Balaban J connectivity index is 2.39. The summed E-state index contributed by atoms with van der Waals surface area (Å²) in [5.41, 5.74) is -0.470. The molecule has 6 heteroatoms. The molecule has 2 rings (SSSR count). The van der Waals surface area contributed by atoms with E-state index < -0.39 is 29.1 Å². The van der Waals surface area contributed by atoms with Crippen molar-refractivity contribution in [3.63, 3.8) is 0 Å². The van der Waals surface area contributed by atoms with Crippen LogP contribution in [0.2, 0.25) is 0 Å². The fourth-order valence-corrected chi connectivity index (χ4v) is 1.85. The summed E-state index contributed by atoms with van der Waals surface area (Å²) in [5.74, 6) is -4.09. The highest BCUT2D eigenvalue weighted by molar-refractivity contribution is 6.08. The molecule has 2 aromatic carbocycles. The SMILES string of the molecule is Cc1ccc(F)c(C(=O)Nc2cccc(F)c2C(=O)O)c1. The number of carboxylic acids is 1. The molecule has 0 aromatic heterocycles. The van der Waals surface area contributed by atoms with Gasteiger partial charge in [0.15, 0.2) is 0 Å². The Hall–Kier alpha value is -2.76. The van der Waals surface area contributed by atoms with E-state index in [1.807, 2.05) is 0 Å². The van der Waals surface area contributed by atoms with Crippen LogP contribution in [-0.2, 0) is 0 Å². The molecule has 0 fully saturated rings. The van der Waals surface area contributed by atoms with E-state index in [0.29, 0.717) is 5.56 Å². The molecule has 108 valence electrons. The van der Waals surface area contributed by atoms with E-state index in [1.165, 1.54) is 24.3 Å². The van der Waals surface area contributed by atoms with Gasteiger partial charge >= 0.3 is 5.97 Å². The van der Waals surface area contributed by atoms with Gasteiger partial charge in [0.25, 0.3) is 5.91 Å². The first-order valence-corrected chi connectivity index (χ1v) is 5.99. The third-order valence-corrected chi connectivity index (χ3v) is 2.84. The smallest absolute Gasteiger partial charge is 0.340 e. The molecule has 0 saturated carbocycles. The Labute approximate surface area is 119 Å². The molecule has 0 unspecified atom stereocenters. The summed E-state index contributed by atoms with van der Waals surface area (Å²) in [6.45, 7) is 1.68. The molecule has 0 bridgehead atoms. The number of aryl methyl sites for hydroxylation is 1. The summed E-state index contributed by atoms with van der Waals surface area (Å²) in [6.07, 6.45) is 0. The van der Waals surface area contributed by atoms with Gasteiger partial charge in [-0.15, -0.1) is 0 Å². The van der Waals surface area contributed by atoms with Gasteiger partial charge in [-0.1, -0.05) is 17.7 Å². The minimum atomic E-state index is -1.52. The van der Waals surface area contributed by atoms with Gasteiger partial charge in [-0.05, 0) is 31.2 Å². The molecule has 0 radical (unpaired) electrons. The molecule has 0 aliphatic carbocycles. The van der Waals surface area contributed by atoms with Gasteiger partial charge in [0.05, 0.1) is 11.3 Å². The van der Waals surface area contributed by atoms with Crippen LogP contribution >= 0.6 is 0 Å². The van der Waals surface area contributed by atoms with E-state index in [1.54, 1.807) is 6.92 Å². The molecule has 0 atom stereocenters. The van der Waals surface area contributed by atoms with Crippen LogP contribution in [-0.4, -0.2) is 17.0 Å². The van der Waals surface area contributed by atoms with Crippen molar-refractivity contribution in [2.24, 2.45) is 0 Å². The van der Waals surface area contributed by atoms with Crippen molar-refractivity contribution in [2.75, 3.05) is 5.32 Å². The Morgan fingerprint density at radius 3 is 2.48 bits per heavy atom. The van der Waals surface area contributed by atoms with Gasteiger partial charge in [-0.25, -0.2) is 13.6 Å². The first-order valence-electron chi connectivity index (χ1n) is 5.99. The standard InChI is InChI=1S/C15H11F2NO3/c1-8-5-6-10(16)9(7-8)14(19)18-12-4-2-3-11(17)13(12)15(20)21/h2-7H,1H3,(H,18,19)(H,20,21). The summed E-state index contributed by atoms with van der Waals surface area (Å²) >= 11 is 0. The number of nitrogens with one attached hydrogen (secondary N) is 1. The van der Waals surface area contributed by atoms with Crippen molar-refractivity contribution < 1.29 is 23.5 Å². The van der Waals surface area contributed by atoms with Crippen LogP contribution in [0, 0.1) is 18.6 Å². The lowest BCUT2D eigenvalue weighted by Crippen LogP contribution is -2.17. The zero-order valence-electron chi connectivity index (χ0n) is 11.0. The number of carbonyl (C=O) groups excluding carboxylic acids is 1. The predicted octanol–water partition coefficient (Wildman–Crippen LogP) is 3.22. The van der Waals surface area contributed by atoms with Crippen molar-refractivity contribution in [1.29, 1.82) is 0 Å². The minimum Gasteiger partial charge on any atom is -0.478 e. The summed E-state index contributed by atoms with van der Waals surface area (Å²) in [7, 11) is 0. The quantitative estimate of drug-likeness (QED) is 0.912. The van der Waals surface area contributed by atoms with Gasteiger partial charge in [0.2, 0.25) is 0 Å². The lowest BCUT2D eigenvalue weighted by molar-refractivity contribution is 0.0693. The van der Waals surface area contributed by atoms with Crippen LogP contribution in [0.25, 0.3) is 0 Å². The number of amides is 1. The van der Waals surface area contributed by atoms with Crippen molar-refractivity contribution in [2.45, 2.75) is 6.92 Å². The largest absolute Gasteiger partial charge is 0.478 e. The molecule has 0 spiro atoms. The van der Waals surface area contributed by atoms with E-state index in [4.69, 9.17) is 5.11 Å². The molecular formula is C15H11F2NO3. The lowest BCUT2D eigenvalue weighted by Gasteiger charge is -2.10. The second-order valence-electron chi connectivity index (χ2n) is 4.40. The summed E-state index contributed by atoms with van der Waals surface area (Å²) in [5, 5.41) is 11.2. The summed E-state index contributed by atoms with van der Waals surface area (Å²) in [6, 6.07) is 7.41. The minimum absolute atomic E-state index is 0.228. The van der Waals surface area contributed by atoms with Crippen molar-refractivity contribution >= 4 is 17.6 Å². The van der Waals surface area contributed by atoms with Crippen LogP contribution in [0.3, 0.4) is 0 Å². The summed E-state index contributed by atoms with van der Waals surface area (Å²) in [4.78, 5) is 23.0. The number of aromatic carboxylic acids is 1. The highest BCUT2D eigenvalue weighted by Crippen LogP contribution is 2.20. The van der Waals surface area contributed by atoms with E-state index >= 15 is 0 Å². The van der Waals surface area contributed by atoms with Gasteiger partial charge in [0, 0.05) is 0 Å². The number of hydrogen-bond acceptors (Lipinski definition) is 2. The predicted molar refractivity (Wildman–Crippen MR) is 72.4 cm³/mol. The average molecular weight is 291 g/mol. The molecule has 2 aromatic rings. The number of hydrogen-bond donors (Lipinski definition) is 2. The first-order chi connectivity index (χ1) is 9.90. The molecular weight excluding hydrogens is 280 g/mol. The molecule has 0 heterocycles. The van der Waals surface area contributed by atoms with Gasteiger partial charge < -0.3 is 10.4 Å². The molecule has 4 nitrogen and oxygen atoms in total. The maximum Gasteiger partial charge on any atom is 0.340 e. The summed E-state index contributed by atoms with van der Waals surface area (Å²) < 4.78 is 27.1. The van der Waals surface area contributed by atoms with E-state index in [0.717, 1.165) is 12.1 Å². The van der Waals surface area contributed by atoms with Crippen LogP contribution in [0.5, 0.6) is 0 Å². The van der Waals surface area contributed by atoms with Gasteiger partial charge in [0.1, 0.15) is 17.2 Å². The molecule has 2 N–H and O–H groups in total. The van der Waals surface area contributed by atoms with Crippen molar-refractivity contribution in [3.05, 3.63) is 64.7 Å². The van der Waals surface area contributed by atoms with Crippen LogP contribution in [0.4, 0.5) is 14.5 Å². The Kier molecular flexibility index (Phi) is 3.98. The monoisotopic (exact) mass is 291 g/mol. The van der Waals surface area contributed by atoms with Gasteiger partial charge in [-0.3, -0.25) is 4.79 Å². The molecule has 0 aliphatic heterocycles. The average Bonchev–Trinajstić information content (AvgIpc) is 2.41. The lowest BCUT2D eigenvalue weighted by atomic mass is 10.1. The van der Waals surface area contributed by atoms with E-state index in [-0.39, 0.29) is 11.3 Å². The van der Waals surface area contributed by atoms with E-state index in [2.05, 4.69) is 5.32 Å². The third-order valence-electron chi connectivity index (χ3n) is 2.84. The molecule has 0 aliphatic rings. The zero-order chi connectivity index (χ0) is 15.6. The van der Waals surface area contributed by atoms with Crippen LogP contribution in [0.15, 0.2) is 36.4 Å². The Bertz CT molecular complexity index is 729. The maximum atomic E-state index is 13.6. The second-order valence-corrected chi connectivity index (χ2v) is 4.40. The fourth-order valence-electron chi connectivity index (χ4n) is 1.85. The third kappa shape index (κ3) is 3.05.